The Labute approximate surface area is 87.4 Å². The van der Waals surface area contributed by atoms with Crippen molar-refractivity contribution >= 4 is 5.78 Å². The lowest BCUT2D eigenvalue weighted by Crippen LogP contribution is -2.48. The van der Waals surface area contributed by atoms with E-state index in [1.807, 2.05) is 32.8 Å². The largest absolute Gasteiger partial charge is 0.385 e. The third-order valence-corrected chi connectivity index (χ3v) is 3.03. The Kier molecular flexibility index (Phi) is 5.96. The molecule has 0 aromatic heterocycles. The predicted octanol–water partition coefficient (Wildman–Crippen LogP) is 1.71. The van der Waals surface area contributed by atoms with Crippen LogP contribution in [0.25, 0.3) is 0 Å². The molecule has 0 aliphatic heterocycles. The Bertz CT molecular complexity index is 180. The molecule has 84 valence electrons. The number of carbonyl (C=O) groups is 1. The van der Waals surface area contributed by atoms with Gasteiger partial charge in [0.1, 0.15) is 0 Å². The number of Topliss-reactive ketones (excluding diaryl/α,β-unsaturated/α-hetero) is 1. The van der Waals surface area contributed by atoms with Crippen molar-refractivity contribution in [1.82, 2.24) is 4.90 Å². The number of carbonyl (C=O) groups excluding carboxylic acids is 1. The van der Waals surface area contributed by atoms with Gasteiger partial charge in [0.2, 0.25) is 0 Å². The highest BCUT2D eigenvalue weighted by molar-refractivity contribution is 5.87. The second-order valence-corrected chi connectivity index (χ2v) is 4.04. The summed E-state index contributed by atoms with van der Waals surface area (Å²) >= 11 is 0. The fourth-order valence-corrected chi connectivity index (χ4v) is 1.41. The molecule has 0 aromatic rings. The Balaban J connectivity index is 4.18. The minimum Gasteiger partial charge on any atom is -0.385 e. The normalized spacial score (nSPS) is 15.6. The summed E-state index contributed by atoms with van der Waals surface area (Å²) in [6, 6.07) is 0. The van der Waals surface area contributed by atoms with E-state index in [0.29, 0.717) is 18.8 Å². The first-order valence-electron chi connectivity index (χ1n) is 5.18. The lowest BCUT2D eigenvalue weighted by molar-refractivity contribution is -0.129. The van der Waals surface area contributed by atoms with Crippen LogP contribution in [-0.4, -0.2) is 44.0 Å². The van der Waals surface area contributed by atoms with Crippen molar-refractivity contribution in [3.63, 3.8) is 0 Å². The third kappa shape index (κ3) is 3.39. The zero-order valence-corrected chi connectivity index (χ0v) is 10.1. The molecule has 0 spiro atoms. The molecule has 0 saturated carbocycles. The van der Waals surface area contributed by atoms with Gasteiger partial charge in [0.25, 0.3) is 0 Å². The van der Waals surface area contributed by atoms with Crippen LogP contribution in [0.1, 0.15) is 33.1 Å². The van der Waals surface area contributed by atoms with E-state index in [9.17, 15) is 4.79 Å². The number of likely N-dealkylation sites (N-methyl/N-ethyl adjacent to an activating group) is 1. The maximum atomic E-state index is 11.9. The first-order valence-corrected chi connectivity index (χ1v) is 5.18. The molecule has 0 aliphatic rings. The minimum absolute atomic E-state index is 0.307. The number of hydrogen-bond acceptors (Lipinski definition) is 3. The van der Waals surface area contributed by atoms with Crippen molar-refractivity contribution in [3.05, 3.63) is 0 Å². The van der Waals surface area contributed by atoms with E-state index in [0.717, 1.165) is 12.8 Å². The van der Waals surface area contributed by atoms with E-state index >= 15 is 0 Å². The molecule has 3 nitrogen and oxygen atoms in total. The van der Waals surface area contributed by atoms with Gasteiger partial charge in [-0.3, -0.25) is 9.69 Å². The van der Waals surface area contributed by atoms with Crippen molar-refractivity contribution < 1.29 is 9.53 Å². The molecular formula is C11H23NO2. The van der Waals surface area contributed by atoms with E-state index in [1.165, 1.54) is 0 Å². The van der Waals surface area contributed by atoms with Gasteiger partial charge in [-0.1, -0.05) is 6.92 Å². The van der Waals surface area contributed by atoms with Gasteiger partial charge in [-0.25, -0.2) is 0 Å². The number of ketones is 1. The second-order valence-electron chi connectivity index (χ2n) is 4.04. The first kappa shape index (κ1) is 13.6. The van der Waals surface area contributed by atoms with Gasteiger partial charge in [-0.05, 0) is 33.9 Å². The topological polar surface area (TPSA) is 29.5 Å². The molecule has 0 heterocycles. The van der Waals surface area contributed by atoms with E-state index in [1.54, 1.807) is 7.11 Å². The molecule has 0 aliphatic carbocycles. The van der Waals surface area contributed by atoms with Crippen LogP contribution in [0.3, 0.4) is 0 Å². The molecule has 1 unspecified atom stereocenters. The summed E-state index contributed by atoms with van der Waals surface area (Å²) in [6.45, 7) is 4.72. The summed E-state index contributed by atoms with van der Waals surface area (Å²) in [5.41, 5.74) is -0.312. The summed E-state index contributed by atoms with van der Waals surface area (Å²) in [5.74, 6) is 0.307. The Morgan fingerprint density at radius 3 is 2.36 bits per heavy atom. The highest BCUT2D eigenvalue weighted by atomic mass is 16.5. The average Bonchev–Trinajstić information content (AvgIpc) is 2.16. The maximum Gasteiger partial charge on any atom is 0.152 e. The fraction of sp³-hybridized carbons (Fsp3) is 0.909. The van der Waals surface area contributed by atoms with Crippen LogP contribution in [0.4, 0.5) is 0 Å². The van der Waals surface area contributed by atoms with E-state index in [-0.39, 0.29) is 5.54 Å². The highest BCUT2D eigenvalue weighted by Crippen LogP contribution is 2.19. The summed E-state index contributed by atoms with van der Waals surface area (Å²) in [6.07, 6.45) is 2.28. The summed E-state index contributed by atoms with van der Waals surface area (Å²) in [4.78, 5) is 13.9. The maximum absolute atomic E-state index is 11.9. The van der Waals surface area contributed by atoms with Crippen molar-refractivity contribution in [2.45, 2.75) is 38.6 Å². The molecule has 0 amide bonds. The fourth-order valence-electron chi connectivity index (χ4n) is 1.41. The zero-order valence-electron chi connectivity index (χ0n) is 10.1. The van der Waals surface area contributed by atoms with Crippen LogP contribution in [0.15, 0.2) is 0 Å². The number of ether oxygens (including phenoxy) is 1. The van der Waals surface area contributed by atoms with Crippen molar-refractivity contribution in [2.24, 2.45) is 0 Å². The SMILES string of the molecule is CCC(C)(C(=O)CCCOC)N(C)C. The third-order valence-electron chi connectivity index (χ3n) is 3.03. The molecule has 1 atom stereocenters. The Morgan fingerprint density at radius 2 is 2.00 bits per heavy atom. The van der Waals surface area contributed by atoms with E-state index < -0.39 is 0 Å². The minimum atomic E-state index is -0.312. The van der Waals surface area contributed by atoms with E-state index in [4.69, 9.17) is 4.74 Å². The summed E-state index contributed by atoms with van der Waals surface area (Å²) in [5, 5.41) is 0. The van der Waals surface area contributed by atoms with Crippen LogP contribution in [0, 0.1) is 0 Å². The molecule has 0 rings (SSSR count). The van der Waals surface area contributed by atoms with Gasteiger partial charge in [0.05, 0.1) is 5.54 Å². The monoisotopic (exact) mass is 201 g/mol. The van der Waals surface area contributed by atoms with Gasteiger partial charge in [0.15, 0.2) is 5.78 Å². The van der Waals surface area contributed by atoms with Crippen LogP contribution < -0.4 is 0 Å². The smallest absolute Gasteiger partial charge is 0.152 e. The average molecular weight is 201 g/mol. The van der Waals surface area contributed by atoms with Gasteiger partial charge in [-0.2, -0.15) is 0 Å². The standard InChI is InChI=1S/C11H23NO2/c1-6-11(2,12(3)4)10(13)8-7-9-14-5/h6-9H2,1-5H3. The lowest BCUT2D eigenvalue weighted by Gasteiger charge is -2.34. The molecule has 0 N–H and O–H groups in total. The van der Waals surface area contributed by atoms with Gasteiger partial charge in [0, 0.05) is 20.1 Å². The molecule has 14 heavy (non-hydrogen) atoms. The van der Waals surface area contributed by atoms with Crippen LogP contribution in [0.2, 0.25) is 0 Å². The van der Waals surface area contributed by atoms with Crippen molar-refractivity contribution in [1.29, 1.82) is 0 Å². The molecule has 0 bridgehead atoms. The first-order chi connectivity index (χ1) is 6.49. The number of nitrogens with zero attached hydrogens (tertiary/aromatic N) is 1. The zero-order chi connectivity index (χ0) is 11.2. The van der Waals surface area contributed by atoms with Crippen LogP contribution in [-0.2, 0) is 9.53 Å². The van der Waals surface area contributed by atoms with Crippen molar-refractivity contribution in [3.8, 4) is 0 Å². The van der Waals surface area contributed by atoms with Gasteiger partial charge >= 0.3 is 0 Å². The molecule has 0 fully saturated rings. The molecular weight excluding hydrogens is 178 g/mol. The van der Waals surface area contributed by atoms with Crippen LogP contribution >= 0.6 is 0 Å². The summed E-state index contributed by atoms with van der Waals surface area (Å²) in [7, 11) is 5.57. The summed E-state index contributed by atoms with van der Waals surface area (Å²) < 4.78 is 4.93. The number of rotatable bonds is 7. The second kappa shape index (κ2) is 6.14. The molecule has 0 aromatic carbocycles. The molecule has 0 saturated heterocycles. The van der Waals surface area contributed by atoms with E-state index in [2.05, 4.69) is 0 Å². The molecule has 0 radical (unpaired) electrons. The quantitative estimate of drug-likeness (QED) is 0.587. The van der Waals surface area contributed by atoms with Gasteiger partial charge < -0.3 is 4.74 Å². The van der Waals surface area contributed by atoms with Crippen molar-refractivity contribution in [2.75, 3.05) is 27.8 Å². The number of methoxy groups -OCH3 is 1. The predicted molar refractivity (Wildman–Crippen MR) is 58.5 cm³/mol. The Hall–Kier alpha value is -0.410. The number of hydrogen-bond donors (Lipinski definition) is 0. The van der Waals surface area contributed by atoms with Crippen LogP contribution in [0.5, 0.6) is 0 Å². The lowest BCUT2D eigenvalue weighted by atomic mass is 9.89. The molecule has 3 heteroatoms. The Morgan fingerprint density at radius 1 is 1.43 bits per heavy atom. The highest BCUT2D eigenvalue weighted by Gasteiger charge is 2.32. The van der Waals surface area contributed by atoms with Gasteiger partial charge in [-0.15, -0.1) is 0 Å².